The van der Waals surface area contributed by atoms with Crippen LogP contribution in [0.3, 0.4) is 0 Å². The van der Waals surface area contributed by atoms with Crippen LogP contribution in [0, 0.1) is 11.3 Å². The minimum Gasteiger partial charge on any atom is -0.323 e. The number of hydrogen-bond donors (Lipinski definition) is 0. The van der Waals surface area contributed by atoms with E-state index in [1.54, 1.807) is 35.4 Å². The molecular formula is C19H17ClN2OS. The summed E-state index contributed by atoms with van der Waals surface area (Å²) in [6, 6.07) is 14.0. The average Bonchev–Trinajstić information content (AvgIpc) is 3.01. The normalized spacial score (nSPS) is 15.7. The molecule has 24 heavy (non-hydrogen) atoms. The second-order valence-electron chi connectivity index (χ2n) is 5.91. The Bertz CT molecular complexity index is 830. The molecule has 1 aliphatic carbocycles. The Morgan fingerprint density at radius 3 is 2.71 bits per heavy atom. The Balaban J connectivity index is 1.73. The number of nitrogens with zero attached hydrogens (tertiary/aromatic N) is 2. The fraction of sp³-hybridized carbons (Fsp3) is 0.263. The quantitative estimate of drug-likeness (QED) is 0.724. The zero-order chi connectivity index (χ0) is 17.2. The van der Waals surface area contributed by atoms with Crippen LogP contribution in [0.1, 0.15) is 24.1 Å². The third-order valence-corrected chi connectivity index (χ3v) is 5.93. The van der Waals surface area contributed by atoms with Crippen molar-refractivity contribution in [2.75, 3.05) is 7.05 Å². The largest absolute Gasteiger partial charge is 0.323 e. The van der Waals surface area contributed by atoms with Crippen LogP contribution >= 0.6 is 22.9 Å². The molecule has 0 saturated heterocycles. The van der Waals surface area contributed by atoms with Gasteiger partial charge in [0.05, 0.1) is 6.07 Å². The van der Waals surface area contributed by atoms with Crippen molar-refractivity contribution in [2.24, 2.45) is 0 Å². The zero-order valence-corrected chi connectivity index (χ0v) is 14.9. The topological polar surface area (TPSA) is 44.1 Å². The highest BCUT2D eigenvalue weighted by molar-refractivity contribution is 7.16. The van der Waals surface area contributed by atoms with E-state index in [9.17, 15) is 10.1 Å². The molecule has 1 heterocycles. The minimum absolute atomic E-state index is 0.135. The van der Waals surface area contributed by atoms with Crippen molar-refractivity contribution in [3.63, 3.8) is 0 Å². The molecule has 2 aromatic rings. The summed E-state index contributed by atoms with van der Waals surface area (Å²) in [4.78, 5) is 15.9. The molecule has 3 nitrogen and oxygen atoms in total. The van der Waals surface area contributed by atoms with E-state index in [0.717, 1.165) is 34.6 Å². The molecule has 5 heteroatoms. The predicted molar refractivity (Wildman–Crippen MR) is 98.8 cm³/mol. The second-order valence-corrected chi connectivity index (χ2v) is 7.43. The molecule has 0 bridgehead atoms. The van der Waals surface area contributed by atoms with Crippen molar-refractivity contribution in [2.45, 2.75) is 24.8 Å². The Hall–Kier alpha value is -2.09. The van der Waals surface area contributed by atoms with Crippen LogP contribution in [-0.4, -0.2) is 23.4 Å². The maximum Gasteiger partial charge on any atom is 0.247 e. The molecule has 0 atom stereocenters. The first-order valence-electron chi connectivity index (χ1n) is 7.78. The highest BCUT2D eigenvalue weighted by Crippen LogP contribution is 2.37. The van der Waals surface area contributed by atoms with Gasteiger partial charge in [0, 0.05) is 33.5 Å². The Morgan fingerprint density at radius 2 is 2.08 bits per heavy atom. The average molecular weight is 357 g/mol. The lowest BCUT2D eigenvalue weighted by Gasteiger charge is -2.42. The van der Waals surface area contributed by atoms with E-state index in [1.165, 1.54) is 0 Å². The Labute approximate surface area is 150 Å². The maximum absolute atomic E-state index is 12.3. The molecule has 1 fully saturated rings. The van der Waals surface area contributed by atoms with Gasteiger partial charge in [-0.15, -0.1) is 11.3 Å². The van der Waals surface area contributed by atoms with Crippen LogP contribution in [-0.2, 0) is 4.79 Å². The van der Waals surface area contributed by atoms with Crippen LogP contribution in [0.25, 0.3) is 16.5 Å². The third-order valence-electron chi connectivity index (χ3n) is 4.52. The second kappa shape index (κ2) is 6.80. The van der Waals surface area contributed by atoms with Gasteiger partial charge in [0.15, 0.2) is 0 Å². The number of carbonyl (C=O) groups excluding carboxylic acids is 1. The first-order valence-corrected chi connectivity index (χ1v) is 8.97. The fourth-order valence-corrected chi connectivity index (χ4v) is 4.00. The number of benzene rings is 1. The molecule has 1 aromatic heterocycles. The standard InChI is InChI=1S/C19H17ClN2OS/c1-22(19(13-21)11-4-12-19)18(23)10-8-14-7-9-17(24-14)15-5-2-3-6-16(15)20/h2-3,5-10H,4,11-12H2,1H3. The van der Waals surface area contributed by atoms with Gasteiger partial charge >= 0.3 is 0 Å². The van der Waals surface area contributed by atoms with Gasteiger partial charge in [0.25, 0.3) is 0 Å². The van der Waals surface area contributed by atoms with Crippen LogP contribution in [0.15, 0.2) is 42.5 Å². The van der Waals surface area contributed by atoms with E-state index < -0.39 is 5.54 Å². The van der Waals surface area contributed by atoms with Crippen molar-refractivity contribution in [3.05, 3.63) is 52.4 Å². The highest BCUT2D eigenvalue weighted by atomic mass is 35.5. The summed E-state index contributed by atoms with van der Waals surface area (Å²) in [5.41, 5.74) is 0.379. The van der Waals surface area contributed by atoms with Crippen LogP contribution in [0.5, 0.6) is 0 Å². The van der Waals surface area contributed by atoms with Gasteiger partial charge in [-0.25, -0.2) is 0 Å². The molecule has 1 aromatic carbocycles. The van der Waals surface area contributed by atoms with E-state index in [4.69, 9.17) is 11.6 Å². The van der Waals surface area contributed by atoms with E-state index in [1.807, 2.05) is 36.4 Å². The molecule has 3 rings (SSSR count). The van der Waals surface area contributed by atoms with Gasteiger partial charge in [-0.1, -0.05) is 29.8 Å². The number of nitriles is 1. The highest BCUT2D eigenvalue weighted by Gasteiger charge is 2.42. The third kappa shape index (κ3) is 3.10. The van der Waals surface area contributed by atoms with Crippen LogP contribution < -0.4 is 0 Å². The number of likely N-dealkylation sites (N-methyl/N-ethyl adjacent to an activating group) is 1. The number of halogens is 1. The van der Waals surface area contributed by atoms with Crippen molar-refractivity contribution in [1.29, 1.82) is 5.26 Å². The van der Waals surface area contributed by atoms with Crippen molar-refractivity contribution in [1.82, 2.24) is 4.90 Å². The van der Waals surface area contributed by atoms with Gasteiger partial charge in [-0.3, -0.25) is 4.79 Å². The van der Waals surface area contributed by atoms with E-state index >= 15 is 0 Å². The monoisotopic (exact) mass is 356 g/mol. The number of amides is 1. The Morgan fingerprint density at radius 1 is 1.33 bits per heavy atom. The summed E-state index contributed by atoms with van der Waals surface area (Å²) in [5, 5.41) is 10.0. The van der Waals surface area contributed by atoms with E-state index in [2.05, 4.69) is 6.07 Å². The first kappa shape index (κ1) is 16.8. The van der Waals surface area contributed by atoms with Crippen molar-refractivity contribution >= 4 is 34.9 Å². The summed E-state index contributed by atoms with van der Waals surface area (Å²) in [6.45, 7) is 0. The summed E-state index contributed by atoms with van der Waals surface area (Å²) < 4.78 is 0. The van der Waals surface area contributed by atoms with Gasteiger partial charge in [-0.2, -0.15) is 5.26 Å². The molecular weight excluding hydrogens is 340 g/mol. The fourth-order valence-electron chi connectivity index (χ4n) is 2.76. The van der Waals surface area contributed by atoms with E-state index in [0.29, 0.717) is 5.02 Å². The van der Waals surface area contributed by atoms with Gasteiger partial charge < -0.3 is 4.90 Å². The number of thiophene rings is 1. The van der Waals surface area contributed by atoms with Gasteiger partial charge in [-0.05, 0) is 43.5 Å². The molecule has 0 N–H and O–H groups in total. The summed E-state index contributed by atoms with van der Waals surface area (Å²) in [7, 11) is 1.71. The molecule has 0 aliphatic heterocycles. The summed E-state index contributed by atoms with van der Waals surface area (Å²) in [6.07, 6.45) is 5.86. The molecule has 1 saturated carbocycles. The smallest absolute Gasteiger partial charge is 0.247 e. The van der Waals surface area contributed by atoms with Crippen LogP contribution in [0.4, 0.5) is 0 Å². The summed E-state index contributed by atoms with van der Waals surface area (Å²) in [5.74, 6) is -0.135. The lowest BCUT2D eigenvalue weighted by Crippen LogP contribution is -2.52. The van der Waals surface area contributed by atoms with Crippen molar-refractivity contribution in [3.8, 4) is 16.5 Å². The predicted octanol–water partition coefficient (Wildman–Crippen LogP) is 4.99. The molecule has 0 spiro atoms. The number of hydrogen-bond acceptors (Lipinski definition) is 3. The zero-order valence-electron chi connectivity index (χ0n) is 13.3. The molecule has 1 aliphatic rings. The lowest BCUT2D eigenvalue weighted by molar-refractivity contribution is -0.130. The van der Waals surface area contributed by atoms with Gasteiger partial charge in [0.1, 0.15) is 5.54 Å². The maximum atomic E-state index is 12.3. The van der Waals surface area contributed by atoms with E-state index in [-0.39, 0.29) is 5.91 Å². The molecule has 0 unspecified atom stereocenters. The summed E-state index contributed by atoms with van der Waals surface area (Å²) >= 11 is 7.80. The number of carbonyl (C=O) groups is 1. The Kier molecular flexibility index (Phi) is 4.75. The lowest BCUT2D eigenvalue weighted by atomic mass is 9.76. The molecule has 1 amide bonds. The number of rotatable bonds is 4. The SMILES string of the molecule is CN(C(=O)C=Cc1ccc(-c2ccccc2Cl)s1)C1(C#N)CCC1. The first-order chi connectivity index (χ1) is 11.6. The minimum atomic E-state index is -0.612. The molecule has 0 radical (unpaired) electrons. The molecule has 122 valence electrons. The van der Waals surface area contributed by atoms with Crippen molar-refractivity contribution < 1.29 is 4.79 Å². The van der Waals surface area contributed by atoms with Gasteiger partial charge in [0.2, 0.25) is 5.91 Å². The van der Waals surface area contributed by atoms with Crippen LogP contribution in [0.2, 0.25) is 5.02 Å².